The highest BCUT2D eigenvalue weighted by molar-refractivity contribution is 5.91. The molecule has 0 atom stereocenters. The molecule has 1 heterocycles. The zero-order valence-electron chi connectivity index (χ0n) is 17.9. The molecule has 2 rings (SSSR count). The molecule has 0 aliphatic carbocycles. The molecule has 0 saturated carbocycles. The van der Waals surface area contributed by atoms with Gasteiger partial charge in [0.2, 0.25) is 5.91 Å². The molecule has 1 aromatic carbocycles. The molecule has 3 N–H and O–H groups in total. The summed E-state index contributed by atoms with van der Waals surface area (Å²) in [6.07, 6.45) is 0.424. The first kappa shape index (κ1) is 23.6. The van der Waals surface area contributed by atoms with Crippen molar-refractivity contribution in [2.75, 3.05) is 44.6 Å². The lowest BCUT2D eigenvalue weighted by Crippen LogP contribution is -3.15. The normalized spacial score (nSPS) is 14.9. The van der Waals surface area contributed by atoms with E-state index in [0.29, 0.717) is 57.8 Å². The highest BCUT2D eigenvalue weighted by Gasteiger charge is 2.25. The molecular formula is C21H32FN4O4+. The standard InChI is InChI=1S/C21H31FN4O4/c1-21(2,3)30-20(29)23-10-4-5-19(28)26-13-11-25(12-14-26)15-18(27)24-17-8-6-16(22)7-9-17/h6-9H,4-5,10-15H2,1-3H3,(H,23,29)(H,24,27)/p+1. The number of piperazine rings is 1. The molecule has 0 radical (unpaired) electrons. The number of alkyl carbamates (subject to hydrolysis) is 1. The third-order valence-corrected chi connectivity index (χ3v) is 4.60. The fourth-order valence-electron chi connectivity index (χ4n) is 3.12. The van der Waals surface area contributed by atoms with Crippen molar-refractivity contribution in [1.82, 2.24) is 10.2 Å². The van der Waals surface area contributed by atoms with E-state index in [4.69, 9.17) is 4.74 Å². The van der Waals surface area contributed by atoms with Gasteiger partial charge in [-0.3, -0.25) is 9.59 Å². The molecule has 9 heteroatoms. The number of benzene rings is 1. The lowest BCUT2D eigenvalue weighted by Gasteiger charge is -2.32. The minimum Gasteiger partial charge on any atom is -0.444 e. The van der Waals surface area contributed by atoms with Crippen molar-refractivity contribution in [1.29, 1.82) is 0 Å². The highest BCUT2D eigenvalue weighted by Crippen LogP contribution is 2.08. The van der Waals surface area contributed by atoms with Gasteiger partial charge in [0.05, 0.1) is 26.2 Å². The van der Waals surface area contributed by atoms with Crippen molar-refractivity contribution in [3.05, 3.63) is 30.1 Å². The highest BCUT2D eigenvalue weighted by atomic mass is 19.1. The van der Waals surface area contributed by atoms with Gasteiger partial charge in [0.25, 0.3) is 5.91 Å². The third kappa shape index (κ3) is 8.77. The zero-order chi connectivity index (χ0) is 22.1. The predicted octanol–water partition coefficient (Wildman–Crippen LogP) is 0.796. The molecule has 8 nitrogen and oxygen atoms in total. The zero-order valence-corrected chi connectivity index (χ0v) is 17.9. The van der Waals surface area contributed by atoms with Crippen molar-refractivity contribution >= 4 is 23.6 Å². The van der Waals surface area contributed by atoms with E-state index >= 15 is 0 Å². The summed E-state index contributed by atoms with van der Waals surface area (Å²) in [6.45, 7) is 8.65. The SMILES string of the molecule is CC(C)(C)OC(=O)NCCCC(=O)N1CC[NH+](CC(=O)Nc2ccc(F)cc2)CC1. The molecular weight excluding hydrogens is 391 g/mol. The van der Waals surface area contributed by atoms with Gasteiger partial charge in [-0.05, 0) is 51.5 Å². The summed E-state index contributed by atoms with van der Waals surface area (Å²) >= 11 is 0. The molecule has 1 aliphatic rings. The van der Waals surface area contributed by atoms with E-state index in [2.05, 4.69) is 10.6 Å². The maximum absolute atomic E-state index is 12.9. The van der Waals surface area contributed by atoms with Crippen molar-refractivity contribution in [3.63, 3.8) is 0 Å². The second-order valence-electron chi connectivity index (χ2n) is 8.39. The summed E-state index contributed by atoms with van der Waals surface area (Å²) in [5.41, 5.74) is 0.0206. The monoisotopic (exact) mass is 423 g/mol. The van der Waals surface area contributed by atoms with E-state index in [1.165, 1.54) is 24.3 Å². The Bertz CT molecular complexity index is 726. The van der Waals surface area contributed by atoms with E-state index in [1.807, 2.05) is 0 Å². The van der Waals surface area contributed by atoms with Gasteiger partial charge in [0.1, 0.15) is 11.4 Å². The third-order valence-electron chi connectivity index (χ3n) is 4.60. The van der Waals surface area contributed by atoms with Crippen LogP contribution in [0.25, 0.3) is 0 Å². The number of hydrogen-bond acceptors (Lipinski definition) is 4. The largest absolute Gasteiger partial charge is 0.444 e. The molecule has 1 fully saturated rings. The fourth-order valence-corrected chi connectivity index (χ4v) is 3.12. The first-order chi connectivity index (χ1) is 14.1. The summed E-state index contributed by atoms with van der Waals surface area (Å²) in [5, 5.41) is 5.40. The maximum atomic E-state index is 12.9. The average Bonchev–Trinajstić information content (AvgIpc) is 2.66. The molecule has 166 valence electrons. The molecule has 0 aromatic heterocycles. The van der Waals surface area contributed by atoms with Gasteiger partial charge in [-0.2, -0.15) is 0 Å². The molecule has 1 saturated heterocycles. The Hall–Kier alpha value is -2.68. The van der Waals surface area contributed by atoms with Gasteiger partial charge in [-0.25, -0.2) is 9.18 Å². The van der Waals surface area contributed by atoms with Crippen LogP contribution in [0.5, 0.6) is 0 Å². The molecule has 0 bridgehead atoms. The molecule has 0 unspecified atom stereocenters. The van der Waals surface area contributed by atoms with Crippen LogP contribution in [-0.2, 0) is 14.3 Å². The first-order valence-electron chi connectivity index (χ1n) is 10.3. The number of carbonyl (C=O) groups is 3. The Kier molecular flexibility index (Phi) is 8.58. The minimum absolute atomic E-state index is 0.0517. The summed E-state index contributed by atoms with van der Waals surface area (Å²) in [5.74, 6) is -0.430. The average molecular weight is 424 g/mol. The van der Waals surface area contributed by atoms with Crippen LogP contribution in [-0.4, -0.2) is 67.7 Å². The number of hydrogen-bond donors (Lipinski definition) is 3. The Morgan fingerprint density at radius 2 is 1.77 bits per heavy atom. The fraction of sp³-hybridized carbons (Fsp3) is 0.571. The lowest BCUT2D eigenvalue weighted by molar-refractivity contribution is -0.895. The Morgan fingerprint density at radius 1 is 1.13 bits per heavy atom. The van der Waals surface area contributed by atoms with Gasteiger partial charge >= 0.3 is 6.09 Å². The van der Waals surface area contributed by atoms with Crippen molar-refractivity contribution < 1.29 is 28.4 Å². The van der Waals surface area contributed by atoms with Crippen LogP contribution in [0.1, 0.15) is 33.6 Å². The van der Waals surface area contributed by atoms with Gasteiger partial charge in [0.15, 0.2) is 6.54 Å². The van der Waals surface area contributed by atoms with Crippen molar-refractivity contribution in [2.24, 2.45) is 0 Å². The van der Waals surface area contributed by atoms with Crippen LogP contribution in [0, 0.1) is 5.82 Å². The number of nitrogens with zero attached hydrogens (tertiary/aromatic N) is 1. The number of amides is 3. The first-order valence-corrected chi connectivity index (χ1v) is 10.3. The second kappa shape index (κ2) is 10.9. The van der Waals surface area contributed by atoms with Gasteiger partial charge < -0.3 is 25.2 Å². The minimum atomic E-state index is -0.544. The molecule has 30 heavy (non-hydrogen) atoms. The van der Waals surface area contributed by atoms with E-state index < -0.39 is 11.7 Å². The summed E-state index contributed by atoms with van der Waals surface area (Å²) in [4.78, 5) is 39.0. The van der Waals surface area contributed by atoms with Crippen LogP contribution in [0.15, 0.2) is 24.3 Å². The molecule has 3 amide bonds. The molecule has 1 aliphatic heterocycles. The van der Waals surface area contributed by atoms with Crippen LogP contribution < -0.4 is 15.5 Å². The number of carbonyl (C=O) groups excluding carboxylic acids is 3. The van der Waals surface area contributed by atoms with Crippen molar-refractivity contribution in [2.45, 2.75) is 39.2 Å². The van der Waals surface area contributed by atoms with Gasteiger partial charge in [-0.1, -0.05) is 0 Å². The Balaban J connectivity index is 1.61. The van der Waals surface area contributed by atoms with E-state index in [0.717, 1.165) is 4.90 Å². The number of anilines is 1. The van der Waals surface area contributed by atoms with Crippen molar-refractivity contribution in [3.8, 4) is 0 Å². The number of nitrogens with one attached hydrogen (secondary N) is 3. The maximum Gasteiger partial charge on any atom is 0.407 e. The quantitative estimate of drug-likeness (QED) is 0.566. The number of quaternary nitrogens is 1. The van der Waals surface area contributed by atoms with E-state index in [1.54, 1.807) is 25.7 Å². The summed E-state index contributed by atoms with van der Waals surface area (Å²) in [6, 6.07) is 5.65. The van der Waals surface area contributed by atoms with E-state index in [9.17, 15) is 18.8 Å². The smallest absolute Gasteiger partial charge is 0.407 e. The topological polar surface area (TPSA) is 92.2 Å². The number of ether oxygens (including phenoxy) is 1. The van der Waals surface area contributed by atoms with E-state index in [-0.39, 0.29) is 17.6 Å². The van der Waals surface area contributed by atoms with Crippen LogP contribution in [0.2, 0.25) is 0 Å². The van der Waals surface area contributed by atoms with Crippen LogP contribution in [0.3, 0.4) is 0 Å². The number of rotatable bonds is 7. The molecule has 1 aromatic rings. The second-order valence-corrected chi connectivity index (χ2v) is 8.39. The van der Waals surface area contributed by atoms with Crippen LogP contribution in [0.4, 0.5) is 14.9 Å². The summed E-state index contributed by atoms with van der Waals surface area (Å²) < 4.78 is 18.1. The molecule has 0 spiro atoms. The predicted molar refractivity (Wildman–Crippen MR) is 111 cm³/mol. The lowest BCUT2D eigenvalue weighted by atomic mass is 10.2. The number of halogens is 1. The van der Waals surface area contributed by atoms with Gasteiger partial charge in [0, 0.05) is 18.7 Å². The summed E-state index contributed by atoms with van der Waals surface area (Å²) in [7, 11) is 0. The Morgan fingerprint density at radius 3 is 2.37 bits per heavy atom. The van der Waals surface area contributed by atoms with Gasteiger partial charge in [-0.15, -0.1) is 0 Å². The van der Waals surface area contributed by atoms with Crippen LogP contribution >= 0.6 is 0 Å². The Labute approximate surface area is 176 Å².